The second-order valence-corrected chi connectivity index (χ2v) is 5.45. The van der Waals surface area contributed by atoms with Crippen LogP contribution in [-0.4, -0.2) is 17.7 Å². The van der Waals surface area contributed by atoms with E-state index in [1.807, 2.05) is 5.48 Å². The zero-order chi connectivity index (χ0) is 19.4. The average Bonchev–Trinajstić information content (AvgIpc) is 3.05. The summed E-state index contributed by atoms with van der Waals surface area (Å²) in [6.07, 6.45) is 4.32. The molecule has 0 aliphatic heterocycles. The molecule has 3 aromatic rings. The van der Waals surface area contributed by atoms with Crippen molar-refractivity contribution in [2.45, 2.75) is 13.5 Å². The molecule has 2 aromatic carbocycles. The molecule has 3 rings (SSSR count). The first-order valence-electron chi connectivity index (χ1n) is 7.98. The number of carbonyl (C=O) groups excluding carboxylic acids is 1. The first-order valence-corrected chi connectivity index (χ1v) is 7.98. The number of fused-ring (bicyclic) bond motifs is 3. The Labute approximate surface area is 152 Å². The number of ether oxygens (including phenoxy) is 1. The van der Waals surface area contributed by atoms with Crippen molar-refractivity contribution < 1.29 is 27.9 Å². The molecule has 1 heterocycles. The summed E-state index contributed by atoms with van der Waals surface area (Å²) in [5, 5.41) is 12.3. The Kier molecular flexibility index (Phi) is 5.37. The molecule has 0 atom stereocenters. The summed E-state index contributed by atoms with van der Waals surface area (Å²) in [5.74, 6) is -0.616. The molecule has 3 N–H and O–H groups in total. The summed E-state index contributed by atoms with van der Waals surface area (Å²) >= 11 is 0. The number of rotatable bonds is 6. The molecule has 0 saturated carbocycles. The van der Waals surface area contributed by atoms with Crippen molar-refractivity contribution in [3.63, 3.8) is 0 Å². The van der Waals surface area contributed by atoms with Gasteiger partial charge in [-0.1, -0.05) is 24.3 Å². The summed E-state index contributed by atoms with van der Waals surface area (Å²) in [6, 6.07) is 9.58. The fourth-order valence-corrected chi connectivity index (χ4v) is 2.72. The Morgan fingerprint density at radius 2 is 2.04 bits per heavy atom. The number of alkyl halides is 2. The fraction of sp³-hybridized carbons (Fsp3) is 0.105. The number of nitrogens with one attached hydrogen (secondary N) is 2. The summed E-state index contributed by atoms with van der Waals surface area (Å²) in [5.41, 5.74) is 3.02. The standard InChI is InChI=1S/C19H16F2N2O4/c1-2-11(9-10-22-25)23-18(24)13-7-8-15(27-19(20)21)17-16(13)12-5-3-4-6-14(12)26-17/h2-10,19,22,25H,1H3,(H,23,24)/b10-9-,11-2+. The van der Waals surface area contributed by atoms with Gasteiger partial charge in [0.25, 0.3) is 5.91 Å². The molecule has 0 aliphatic rings. The fourth-order valence-electron chi connectivity index (χ4n) is 2.72. The first-order chi connectivity index (χ1) is 13.0. The number of benzene rings is 2. The van der Waals surface area contributed by atoms with E-state index in [2.05, 4.69) is 10.1 Å². The molecule has 27 heavy (non-hydrogen) atoms. The molecule has 0 saturated heterocycles. The lowest BCUT2D eigenvalue weighted by atomic mass is 10.0. The normalized spacial score (nSPS) is 12.3. The summed E-state index contributed by atoms with van der Waals surface area (Å²) in [4.78, 5) is 12.8. The highest BCUT2D eigenvalue weighted by Gasteiger charge is 2.21. The van der Waals surface area contributed by atoms with Crippen molar-refractivity contribution in [3.05, 3.63) is 66.0 Å². The maximum absolute atomic E-state index is 12.8. The monoisotopic (exact) mass is 374 g/mol. The van der Waals surface area contributed by atoms with Crippen LogP contribution in [0.2, 0.25) is 0 Å². The van der Waals surface area contributed by atoms with E-state index in [-0.39, 0.29) is 16.9 Å². The second kappa shape index (κ2) is 7.88. The highest BCUT2D eigenvalue weighted by molar-refractivity contribution is 6.17. The van der Waals surface area contributed by atoms with Crippen molar-refractivity contribution >= 4 is 27.8 Å². The van der Waals surface area contributed by atoms with Gasteiger partial charge in [0, 0.05) is 22.7 Å². The Morgan fingerprint density at radius 3 is 2.74 bits per heavy atom. The van der Waals surface area contributed by atoms with E-state index in [1.54, 1.807) is 37.3 Å². The molecule has 1 aromatic heterocycles. The Morgan fingerprint density at radius 1 is 1.26 bits per heavy atom. The van der Waals surface area contributed by atoms with Gasteiger partial charge in [-0.2, -0.15) is 8.78 Å². The van der Waals surface area contributed by atoms with E-state index < -0.39 is 12.5 Å². The van der Waals surface area contributed by atoms with Crippen LogP contribution >= 0.6 is 0 Å². The highest BCUT2D eigenvalue weighted by atomic mass is 19.3. The maximum atomic E-state index is 12.8. The van der Waals surface area contributed by atoms with Crippen LogP contribution in [0, 0.1) is 0 Å². The minimum Gasteiger partial charge on any atom is -0.452 e. The van der Waals surface area contributed by atoms with Gasteiger partial charge < -0.3 is 14.5 Å². The number of allylic oxidation sites excluding steroid dienone is 2. The van der Waals surface area contributed by atoms with Gasteiger partial charge in [-0.3, -0.25) is 15.5 Å². The lowest BCUT2D eigenvalue weighted by molar-refractivity contribution is -0.0493. The average molecular weight is 374 g/mol. The number of hydrogen-bond donors (Lipinski definition) is 3. The molecule has 0 bridgehead atoms. The van der Waals surface area contributed by atoms with E-state index in [9.17, 15) is 13.6 Å². The molecule has 0 unspecified atom stereocenters. The molecular weight excluding hydrogens is 358 g/mol. The van der Waals surface area contributed by atoms with Crippen LogP contribution in [0.1, 0.15) is 17.3 Å². The van der Waals surface area contributed by atoms with Gasteiger partial charge >= 0.3 is 6.61 Å². The van der Waals surface area contributed by atoms with Crippen LogP contribution < -0.4 is 15.5 Å². The zero-order valence-corrected chi connectivity index (χ0v) is 14.2. The molecule has 8 heteroatoms. The molecule has 0 radical (unpaired) electrons. The number of para-hydroxylation sites is 1. The topological polar surface area (TPSA) is 83.7 Å². The van der Waals surface area contributed by atoms with E-state index in [0.717, 1.165) is 0 Å². The summed E-state index contributed by atoms with van der Waals surface area (Å²) in [7, 11) is 0. The molecule has 0 fully saturated rings. The number of hydrogen-bond acceptors (Lipinski definition) is 5. The van der Waals surface area contributed by atoms with Gasteiger partial charge in [0.1, 0.15) is 5.58 Å². The number of halogens is 2. The van der Waals surface area contributed by atoms with Gasteiger partial charge in [0.2, 0.25) is 0 Å². The van der Waals surface area contributed by atoms with Crippen LogP contribution in [0.3, 0.4) is 0 Å². The number of hydroxylamine groups is 1. The Hall–Kier alpha value is -3.39. The van der Waals surface area contributed by atoms with Crippen molar-refractivity contribution in [2.24, 2.45) is 0 Å². The molecule has 1 amide bonds. The van der Waals surface area contributed by atoms with Crippen LogP contribution in [0.4, 0.5) is 8.78 Å². The number of carbonyl (C=O) groups is 1. The number of furan rings is 1. The predicted octanol–water partition coefficient (Wildman–Crippen LogP) is 4.31. The summed E-state index contributed by atoms with van der Waals surface area (Å²) in [6.45, 7) is -1.31. The van der Waals surface area contributed by atoms with E-state index >= 15 is 0 Å². The van der Waals surface area contributed by atoms with Gasteiger partial charge in [-0.05, 0) is 31.2 Å². The SMILES string of the molecule is C/C=C(\C=C/NO)NC(=O)c1ccc(OC(F)F)c2oc3ccccc3c12. The van der Waals surface area contributed by atoms with E-state index in [4.69, 9.17) is 9.62 Å². The van der Waals surface area contributed by atoms with Crippen LogP contribution in [0.5, 0.6) is 5.75 Å². The third kappa shape index (κ3) is 3.75. The largest absolute Gasteiger partial charge is 0.452 e. The highest BCUT2D eigenvalue weighted by Crippen LogP contribution is 2.37. The molecule has 6 nitrogen and oxygen atoms in total. The third-order valence-corrected chi connectivity index (χ3v) is 3.86. The van der Waals surface area contributed by atoms with Crippen molar-refractivity contribution in [1.29, 1.82) is 0 Å². The minimum atomic E-state index is -3.02. The van der Waals surface area contributed by atoms with Crippen molar-refractivity contribution in [3.8, 4) is 5.75 Å². The maximum Gasteiger partial charge on any atom is 0.387 e. The lowest BCUT2D eigenvalue weighted by Crippen LogP contribution is -2.22. The first kappa shape index (κ1) is 18.4. The van der Waals surface area contributed by atoms with E-state index in [1.165, 1.54) is 24.4 Å². The van der Waals surface area contributed by atoms with Gasteiger partial charge in [-0.15, -0.1) is 0 Å². The van der Waals surface area contributed by atoms with Gasteiger partial charge in [0.15, 0.2) is 11.3 Å². The third-order valence-electron chi connectivity index (χ3n) is 3.86. The number of amides is 1. The molecule has 0 spiro atoms. The van der Waals surface area contributed by atoms with Gasteiger partial charge in [0.05, 0.1) is 5.56 Å². The Balaban J connectivity index is 2.13. The lowest BCUT2D eigenvalue weighted by Gasteiger charge is -2.09. The van der Waals surface area contributed by atoms with Crippen molar-refractivity contribution in [2.75, 3.05) is 0 Å². The summed E-state index contributed by atoms with van der Waals surface area (Å²) < 4.78 is 35.6. The minimum absolute atomic E-state index is 0.0683. The van der Waals surface area contributed by atoms with Gasteiger partial charge in [-0.25, -0.2) is 0 Å². The van der Waals surface area contributed by atoms with Crippen LogP contribution in [-0.2, 0) is 0 Å². The molecule has 140 valence electrons. The smallest absolute Gasteiger partial charge is 0.387 e. The van der Waals surface area contributed by atoms with Crippen molar-refractivity contribution in [1.82, 2.24) is 10.8 Å². The second-order valence-electron chi connectivity index (χ2n) is 5.45. The van der Waals surface area contributed by atoms with E-state index in [0.29, 0.717) is 22.1 Å². The quantitative estimate of drug-likeness (QED) is 0.442. The Bertz CT molecular complexity index is 1040. The van der Waals surface area contributed by atoms with Crippen LogP contribution in [0.15, 0.2) is 64.9 Å². The predicted molar refractivity (Wildman–Crippen MR) is 95.6 cm³/mol. The molecule has 0 aliphatic carbocycles. The molecular formula is C19H16F2N2O4. The zero-order valence-electron chi connectivity index (χ0n) is 14.2. The van der Waals surface area contributed by atoms with Crippen LogP contribution in [0.25, 0.3) is 21.9 Å².